The standard InChI is InChI=1S/C14H25N3O2/c1-13(2,3)19-12(18)17-14(7-8-14)11-16-10-6-4-5-9-15/h9-10,15H,4-8,11H2,1-3H3,(H,17,18). The van der Waals surface area contributed by atoms with Crippen LogP contribution in [-0.4, -0.2) is 36.2 Å². The third-order valence-electron chi connectivity index (χ3n) is 2.82. The van der Waals surface area contributed by atoms with Crippen molar-refractivity contribution in [2.75, 3.05) is 6.54 Å². The van der Waals surface area contributed by atoms with Gasteiger partial charge in [0, 0.05) is 0 Å². The van der Waals surface area contributed by atoms with E-state index in [1.165, 1.54) is 6.21 Å². The molecule has 1 aliphatic carbocycles. The van der Waals surface area contributed by atoms with Crippen LogP contribution in [0, 0.1) is 5.41 Å². The van der Waals surface area contributed by atoms with E-state index >= 15 is 0 Å². The highest BCUT2D eigenvalue weighted by Crippen LogP contribution is 2.35. The first kappa shape index (κ1) is 15.7. The summed E-state index contributed by atoms with van der Waals surface area (Å²) < 4.78 is 5.25. The minimum absolute atomic E-state index is 0.180. The highest BCUT2D eigenvalue weighted by Gasteiger charge is 2.44. The van der Waals surface area contributed by atoms with Crippen molar-refractivity contribution in [2.45, 2.75) is 64.0 Å². The minimum atomic E-state index is -0.462. The first-order valence-electron chi connectivity index (χ1n) is 6.85. The molecule has 2 N–H and O–H groups in total. The SMILES string of the molecule is CC(C)(C)OC(=O)NC1(CN=CCCCC=N)CC1. The van der Waals surface area contributed by atoms with Gasteiger partial charge in [-0.05, 0) is 65.3 Å². The summed E-state index contributed by atoms with van der Waals surface area (Å²) in [7, 11) is 0. The molecule has 5 nitrogen and oxygen atoms in total. The van der Waals surface area contributed by atoms with Gasteiger partial charge in [-0.25, -0.2) is 4.79 Å². The number of nitrogens with one attached hydrogen (secondary N) is 2. The number of unbranched alkanes of at least 4 members (excludes halogenated alkanes) is 2. The number of carbonyl (C=O) groups excluding carboxylic acids is 1. The monoisotopic (exact) mass is 267 g/mol. The Hall–Kier alpha value is -1.39. The number of aliphatic imine (C=N–C) groups is 1. The highest BCUT2D eigenvalue weighted by atomic mass is 16.6. The van der Waals surface area contributed by atoms with Crippen LogP contribution in [0.4, 0.5) is 4.79 Å². The lowest BCUT2D eigenvalue weighted by molar-refractivity contribution is 0.0499. The zero-order valence-corrected chi connectivity index (χ0v) is 12.2. The van der Waals surface area contributed by atoms with E-state index in [1.54, 1.807) is 0 Å². The van der Waals surface area contributed by atoms with Gasteiger partial charge in [0.2, 0.25) is 0 Å². The van der Waals surface area contributed by atoms with Crippen LogP contribution in [0.2, 0.25) is 0 Å². The lowest BCUT2D eigenvalue weighted by Gasteiger charge is -2.22. The molecule has 0 spiro atoms. The largest absolute Gasteiger partial charge is 0.444 e. The Bertz CT molecular complexity index is 341. The first-order valence-corrected chi connectivity index (χ1v) is 6.85. The van der Waals surface area contributed by atoms with Gasteiger partial charge in [-0.15, -0.1) is 0 Å². The Morgan fingerprint density at radius 1 is 1.42 bits per heavy atom. The Labute approximate surface area is 115 Å². The maximum Gasteiger partial charge on any atom is 0.408 e. The predicted octanol–water partition coefficient (Wildman–Crippen LogP) is 2.93. The van der Waals surface area contributed by atoms with Gasteiger partial charge in [0.1, 0.15) is 5.60 Å². The van der Waals surface area contributed by atoms with Crippen molar-refractivity contribution in [3.8, 4) is 0 Å². The summed E-state index contributed by atoms with van der Waals surface area (Å²) in [4.78, 5) is 16.0. The van der Waals surface area contributed by atoms with Gasteiger partial charge < -0.3 is 15.5 Å². The molecule has 1 fully saturated rings. The van der Waals surface area contributed by atoms with Crippen molar-refractivity contribution < 1.29 is 9.53 Å². The average molecular weight is 267 g/mol. The molecule has 19 heavy (non-hydrogen) atoms. The van der Waals surface area contributed by atoms with Crippen LogP contribution in [0.15, 0.2) is 4.99 Å². The van der Waals surface area contributed by atoms with Gasteiger partial charge in [-0.3, -0.25) is 4.99 Å². The van der Waals surface area contributed by atoms with Crippen molar-refractivity contribution in [1.82, 2.24) is 5.32 Å². The molecule has 1 rings (SSSR count). The van der Waals surface area contributed by atoms with E-state index in [0.29, 0.717) is 6.54 Å². The van der Waals surface area contributed by atoms with Gasteiger partial charge >= 0.3 is 6.09 Å². The number of ether oxygens (including phenoxy) is 1. The molecule has 0 radical (unpaired) electrons. The van der Waals surface area contributed by atoms with Crippen molar-refractivity contribution in [3.63, 3.8) is 0 Å². The van der Waals surface area contributed by atoms with E-state index in [-0.39, 0.29) is 11.6 Å². The number of hydrogen-bond donors (Lipinski definition) is 2. The minimum Gasteiger partial charge on any atom is -0.444 e. The van der Waals surface area contributed by atoms with E-state index in [4.69, 9.17) is 10.1 Å². The number of hydrogen-bond acceptors (Lipinski definition) is 4. The number of rotatable bonds is 7. The fourth-order valence-electron chi connectivity index (χ4n) is 1.64. The summed E-state index contributed by atoms with van der Waals surface area (Å²) in [6.45, 7) is 6.19. The van der Waals surface area contributed by atoms with Gasteiger partial charge in [0.25, 0.3) is 0 Å². The number of alkyl carbamates (subject to hydrolysis) is 1. The smallest absolute Gasteiger partial charge is 0.408 e. The molecule has 1 saturated carbocycles. The van der Waals surface area contributed by atoms with Gasteiger partial charge in [0.05, 0.1) is 12.1 Å². The Balaban J connectivity index is 2.25. The maximum atomic E-state index is 11.7. The van der Waals surface area contributed by atoms with E-state index < -0.39 is 5.60 Å². The molecule has 0 atom stereocenters. The molecular formula is C14H25N3O2. The van der Waals surface area contributed by atoms with Crippen molar-refractivity contribution in [3.05, 3.63) is 0 Å². The predicted molar refractivity (Wildman–Crippen MR) is 77.3 cm³/mol. The lowest BCUT2D eigenvalue weighted by Crippen LogP contribution is -2.42. The molecule has 108 valence electrons. The van der Waals surface area contributed by atoms with Crippen molar-refractivity contribution >= 4 is 18.5 Å². The molecule has 1 aliphatic rings. The highest BCUT2D eigenvalue weighted by molar-refractivity contribution is 5.69. The molecule has 1 amide bonds. The molecule has 0 heterocycles. The van der Waals surface area contributed by atoms with Crippen LogP contribution in [0.25, 0.3) is 0 Å². The third-order valence-corrected chi connectivity index (χ3v) is 2.82. The second-order valence-electron chi connectivity index (χ2n) is 6.07. The Morgan fingerprint density at radius 3 is 2.63 bits per heavy atom. The second-order valence-corrected chi connectivity index (χ2v) is 6.07. The third kappa shape index (κ3) is 6.94. The van der Waals surface area contributed by atoms with E-state index in [1.807, 2.05) is 27.0 Å². The fourth-order valence-corrected chi connectivity index (χ4v) is 1.64. The molecule has 0 unspecified atom stereocenters. The lowest BCUT2D eigenvalue weighted by atomic mass is 10.2. The molecule has 0 aromatic rings. The van der Waals surface area contributed by atoms with E-state index in [9.17, 15) is 4.79 Å². The molecule has 0 aliphatic heterocycles. The normalized spacial score (nSPS) is 17.2. The summed E-state index contributed by atoms with van der Waals surface area (Å²) in [6, 6.07) is 0. The maximum absolute atomic E-state index is 11.7. The van der Waals surface area contributed by atoms with Gasteiger partial charge in [-0.2, -0.15) is 0 Å². The summed E-state index contributed by atoms with van der Waals surface area (Å²) in [5.41, 5.74) is -0.642. The molecule has 0 aromatic carbocycles. The van der Waals surface area contributed by atoms with Gasteiger partial charge in [0.15, 0.2) is 0 Å². The molecule has 5 heteroatoms. The fraction of sp³-hybridized carbons (Fsp3) is 0.786. The quantitative estimate of drug-likeness (QED) is 0.549. The Kier molecular flexibility index (Phi) is 5.51. The summed E-state index contributed by atoms with van der Waals surface area (Å²) in [5, 5.41) is 9.82. The van der Waals surface area contributed by atoms with Gasteiger partial charge in [-0.1, -0.05) is 0 Å². The van der Waals surface area contributed by atoms with Crippen molar-refractivity contribution in [1.29, 1.82) is 5.41 Å². The zero-order valence-electron chi connectivity index (χ0n) is 12.2. The summed E-state index contributed by atoms with van der Waals surface area (Å²) >= 11 is 0. The van der Waals surface area contributed by atoms with E-state index in [2.05, 4.69) is 10.3 Å². The van der Waals surface area contributed by atoms with Crippen LogP contribution >= 0.6 is 0 Å². The average Bonchev–Trinajstić information content (AvgIpc) is 3.00. The van der Waals surface area contributed by atoms with Crippen LogP contribution in [-0.2, 0) is 4.74 Å². The molecule has 0 saturated heterocycles. The number of amides is 1. The number of nitrogens with zero attached hydrogens (tertiary/aromatic N) is 1. The first-order chi connectivity index (χ1) is 8.87. The number of carbonyl (C=O) groups is 1. The Morgan fingerprint density at radius 2 is 2.11 bits per heavy atom. The van der Waals surface area contributed by atoms with Crippen LogP contribution in [0.1, 0.15) is 52.9 Å². The van der Waals surface area contributed by atoms with Crippen molar-refractivity contribution in [2.24, 2.45) is 4.99 Å². The second kappa shape index (κ2) is 6.68. The molecule has 0 bridgehead atoms. The van der Waals surface area contributed by atoms with Crippen LogP contribution < -0.4 is 5.32 Å². The molecular weight excluding hydrogens is 242 g/mol. The summed E-state index contributed by atoms with van der Waals surface area (Å²) in [5.74, 6) is 0. The van der Waals surface area contributed by atoms with E-state index in [0.717, 1.165) is 32.1 Å². The molecule has 0 aromatic heterocycles. The van der Waals surface area contributed by atoms with Crippen LogP contribution in [0.5, 0.6) is 0 Å². The summed E-state index contributed by atoms with van der Waals surface area (Å²) in [6.07, 6.45) is 7.52. The van der Waals surface area contributed by atoms with Crippen LogP contribution in [0.3, 0.4) is 0 Å². The zero-order chi connectivity index (χ0) is 14.4. The topological polar surface area (TPSA) is 74.5 Å².